The van der Waals surface area contributed by atoms with E-state index in [1.54, 1.807) is 30.3 Å². The van der Waals surface area contributed by atoms with Gasteiger partial charge in [0.1, 0.15) is 5.75 Å². The molecular weight excluding hydrogens is 448 g/mol. The Labute approximate surface area is 202 Å². The molecule has 3 amide bonds. The second-order valence-electron chi connectivity index (χ2n) is 8.03. The largest absolute Gasteiger partial charge is 0.484 e. The fourth-order valence-corrected chi connectivity index (χ4v) is 4.35. The number of rotatable bonds is 7. The van der Waals surface area contributed by atoms with E-state index in [9.17, 15) is 14.4 Å². The van der Waals surface area contributed by atoms with Crippen molar-refractivity contribution in [2.75, 3.05) is 11.9 Å². The van der Waals surface area contributed by atoms with Crippen molar-refractivity contribution in [3.8, 4) is 5.75 Å². The molecule has 0 unspecified atom stereocenters. The van der Waals surface area contributed by atoms with Gasteiger partial charge in [-0.05, 0) is 72.6 Å². The van der Waals surface area contributed by atoms with Gasteiger partial charge >= 0.3 is 0 Å². The van der Waals surface area contributed by atoms with Crippen LogP contribution in [0.15, 0.2) is 77.7 Å². The highest BCUT2D eigenvalue weighted by molar-refractivity contribution is 8.18. The Balaban J connectivity index is 1.34. The summed E-state index contributed by atoms with van der Waals surface area (Å²) in [6.07, 6.45) is 1.69. The van der Waals surface area contributed by atoms with Gasteiger partial charge in [-0.3, -0.25) is 19.3 Å². The second-order valence-corrected chi connectivity index (χ2v) is 9.03. The number of nitrogens with one attached hydrogen (secondary N) is 1. The lowest BCUT2D eigenvalue weighted by atomic mass is 10.1. The highest BCUT2D eigenvalue weighted by Crippen LogP contribution is 2.33. The predicted molar refractivity (Wildman–Crippen MR) is 134 cm³/mol. The molecular formula is C27H24N2O4S. The van der Waals surface area contributed by atoms with E-state index in [0.717, 1.165) is 39.7 Å². The second kappa shape index (κ2) is 10.4. The zero-order valence-electron chi connectivity index (χ0n) is 18.9. The smallest absolute Gasteiger partial charge is 0.293 e. The maximum absolute atomic E-state index is 12.8. The van der Waals surface area contributed by atoms with Crippen molar-refractivity contribution in [1.82, 2.24) is 4.90 Å². The van der Waals surface area contributed by atoms with Crippen LogP contribution in [0.5, 0.6) is 5.75 Å². The van der Waals surface area contributed by atoms with Crippen LogP contribution >= 0.6 is 11.8 Å². The predicted octanol–water partition coefficient (Wildman–Crippen LogP) is 5.56. The van der Waals surface area contributed by atoms with Gasteiger partial charge in [-0.2, -0.15) is 0 Å². The molecule has 1 N–H and O–H groups in total. The van der Waals surface area contributed by atoms with Crippen molar-refractivity contribution in [1.29, 1.82) is 0 Å². The monoisotopic (exact) mass is 472 g/mol. The molecule has 7 heteroatoms. The number of nitrogens with zero attached hydrogens (tertiary/aromatic N) is 1. The number of imide groups is 1. The molecule has 4 rings (SSSR count). The molecule has 3 aromatic carbocycles. The quantitative estimate of drug-likeness (QED) is 0.456. The Morgan fingerprint density at radius 1 is 0.971 bits per heavy atom. The van der Waals surface area contributed by atoms with Crippen LogP contribution in [0, 0.1) is 13.8 Å². The van der Waals surface area contributed by atoms with Gasteiger partial charge in [0, 0.05) is 5.69 Å². The third-order valence-electron chi connectivity index (χ3n) is 5.15. The number of benzene rings is 3. The molecule has 0 atom stereocenters. The zero-order valence-corrected chi connectivity index (χ0v) is 19.7. The molecule has 0 spiro atoms. The fourth-order valence-electron chi connectivity index (χ4n) is 3.51. The fraction of sp³-hybridized carbons (Fsp3) is 0.148. The molecule has 1 heterocycles. The van der Waals surface area contributed by atoms with E-state index in [2.05, 4.69) is 5.32 Å². The van der Waals surface area contributed by atoms with Crippen molar-refractivity contribution in [2.24, 2.45) is 0 Å². The minimum atomic E-state index is -0.301. The number of anilines is 1. The van der Waals surface area contributed by atoms with E-state index in [-0.39, 0.29) is 30.2 Å². The van der Waals surface area contributed by atoms with Gasteiger partial charge in [-0.15, -0.1) is 0 Å². The van der Waals surface area contributed by atoms with Gasteiger partial charge in [0.05, 0.1) is 11.4 Å². The lowest BCUT2D eigenvalue weighted by Gasteiger charge is -2.12. The number of carbonyl (C=O) groups excluding carboxylic acids is 3. The minimum absolute atomic E-state index is 0.120. The Hall–Kier alpha value is -3.84. The Kier molecular flexibility index (Phi) is 7.13. The summed E-state index contributed by atoms with van der Waals surface area (Å²) in [6, 6.07) is 22.3. The molecule has 6 nitrogen and oxygen atoms in total. The highest BCUT2D eigenvalue weighted by atomic mass is 32.2. The summed E-state index contributed by atoms with van der Waals surface area (Å²) in [5, 5.41) is 2.52. The first kappa shape index (κ1) is 23.3. The minimum Gasteiger partial charge on any atom is -0.484 e. The first-order chi connectivity index (χ1) is 16.4. The first-order valence-electron chi connectivity index (χ1n) is 10.8. The number of carbonyl (C=O) groups is 3. The van der Waals surface area contributed by atoms with Crippen LogP contribution < -0.4 is 10.1 Å². The normalized spacial score (nSPS) is 14.5. The third-order valence-corrected chi connectivity index (χ3v) is 6.05. The van der Waals surface area contributed by atoms with Crippen LogP contribution in [0.1, 0.15) is 22.3 Å². The van der Waals surface area contributed by atoms with Crippen LogP contribution in [0.4, 0.5) is 10.5 Å². The molecule has 0 radical (unpaired) electrons. The molecule has 0 saturated carbocycles. The van der Waals surface area contributed by atoms with E-state index in [4.69, 9.17) is 4.74 Å². The summed E-state index contributed by atoms with van der Waals surface area (Å²) in [5.74, 6) is -0.0225. The van der Waals surface area contributed by atoms with Crippen LogP contribution in [0.3, 0.4) is 0 Å². The molecule has 34 heavy (non-hydrogen) atoms. The Morgan fingerprint density at radius 3 is 2.38 bits per heavy atom. The average Bonchev–Trinajstić information content (AvgIpc) is 3.06. The zero-order chi connectivity index (χ0) is 24.1. The SMILES string of the molecule is Cc1cccc(CN2C(=O)S/C(=C/c3ccc(OCC(=O)Nc4cccc(C)c4)cc3)C2=O)c1. The first-order valence-corrected chi connectivity index (χ1v) is 11.6. The lowest BCUT2D eigenvalue weighted by molar-refractivity contribution is -0.123. The third kappa shape index (κ3) is 5.94. The molecule has 3 aromatic rings. The number of aryl methyl sites for hydroxylation is 2. The van der Waals surface area contributed by atoms with E-state index < -0.39 is 0 Å². The highest BCUT2D eigenvalue weighted by Gasteiger charge is 2.34. The van der Waals surface area contributed by atoms with Gasteiger partial charge in [-0.25, -0.2) is 0 Å². The molecule has 1 saturated heterocycles. The van der Waals surface area contributed by atoms with Gasteiger partial charge in [0.15, 0.2) is 6.61 Å². The topological polar surface area (TPSA) is 75.7 Å². The summed E-state index contributed by atoms with van der Waals surface area (Å²) >= 11 is 0.935. The van der Waals surface area contributed by atoms with Crippen molar-refractivity contribution < 1.29 is 19.1 Å². The molecule has 0 bridgehead atoms. The summed E-state index contributed by atoms with van der Waals surface area (Å²) in [5.41, 5.74) is 4.53. The number of thioether (sulfide) groups is 1. The average molecular weight is 473 g/mol. The molecule has 0 aliphatic carbocycles. The number of ether oxygens (including phenoxy) is 1. The van der Waals surface area contributed by atoms with E-state index in [1.807, 2.05) is 62.4 Å². The summed E-state index contributed by atoms with van der Waals surface area (Å²) < 4.78 is 5.56. The van der Waals surface area contributed by atoms with E-state index in [1.165, 1.54) is 4.90 Å². The lowest BCUT2D eigenvalue weighted by Crippen LogP contribution is -2.27. The maximum Gasteiger partial charge on any atom is 0.293 e. The summed E-state index contributed by atoms with van der Waals surface area (Å²) in [7, 11) is 0. The van der Waals surface area contributed by atoms with Crippen molar-refractivity contribution in [2.45, 2.75) is 20.4 Å². The van der Waals surface area contributed by atoms with Crippen molar-refractivity contribution in [3.05, 3.63) is 100.0 Å². The molecule has 1 aliphatic heterocycles. The summed E-state index contributed by atoms with van der Waals surface area (Å²) in [4.78, 5) is 38.9. The van der Waals surface area contributed by atoms with Gasteiger partial charge in [0.2, 0.25) is 0 Å². The Morgan fingerprint density at radius 2 is 1.68 bits per heavy atom. The molecule has 1 fully saturated rings. The summed E-state index contributed by atoms with van der Waals surface area (Å²) in [6.45, 7) is 4.06. The molecule has 1 aliphatic rings. The van der Waals surface area contributed by atoms with Gasteiger partial charge in [0.25, 0.3) is 17.1 Å². The van der Waals surface area contributed by atoms with E-state index in [0.29, 0.717) is 10.7 Å². The van der Waals surface area contributed by atoms with Gasteiger partial charge < -0.3 is 10.1 Å². The van der Waals surface area contributed by atoms with Crippen LogP contribution in [-0.2, 0) is 16.1 Å². The Bertz CT molecular complexity index is 1270. The molecule has 0 aromatic heterocycles. The number of hydrogen-bond donors (Lipinski definition) is 1. The maximum atomic E-state index is 12.8. The van der Waals surface area contributed by atoms with Crippen molar-refractivity contribution >= 4 is 40.6 Å². The van der Waals surface area contributed by atoms with Crippen LogP contribution in [0.25, 0.3) is 6.08 Å². The van der Waals surface area contributed by atoms with Crippen LogP contribution in [0.2, 0.25) is 0 Å². The van der Waals surface area contributed by atoms with Crippen LogP contribution in [-0.4, -0.2) is 28.6 Å². The van der Waals surface area contributed by atoms with Gasteiger partial charge in [-0.1, -0.05) is 54.1 Å². The molecule has 172 valence electrons. The van der Waals surface area contributed by atoms with E-state index >= 15 is 0 Å². The number of hydrogen-bond acceptors (Lipinski definition) is 5. The standard InChI is InChI=1S/C27H24N2O4S/c1-18-5-3-7-21(13-18)16-29-26(31)24(34-27(29)32)15-20-9-11-23(12-10-20)33-17-25(30)28-22-8-4-6-19(2)14-22/h3-15H,16-17H2,1-2H3,(H,28,30)/b24-15+. The van der Waals surface area contributed by atoms with Crippen molar-refractivity contribution in [3.63, 3.8) is 0 Å². The number of amides is 3.